The van der Waals surface area contributed by atoms with Gasteiger partial charge >= 0.3 is 0 Å². The maximum Gasteiger partial charge on any atom is 0.257 e. The number of aromatic nitrogens is 2. The Labute approximate surface area is 179 Å². The number of nitrogens with zero attached hydrogens (tertiary/aromatic N) is 3. The highest BCUT2D eigenvalue weighted by Crippen LogP contribution is 2.40. The molecule has 166 valence electrons. The number of anilines is 1. The van der Waals surface area contributed by atoms with Crippen molar-refractivity contribution in [3.8, 4) is 5.75 Å². The van der Waals surface area contributed by atoms with Gasteiger partial charge in [0.15, 0.2) is 12.4 Å². The Hall–Kier alpha value is -2.81. The van der Waals surface area contributed by atoms with Crippen molar-refractivity contribution < 1.29 is 23.0 Å². The van der Waals surface area contributed by atoms with E-state index in [1.54, 1.807) is 30.2 Å². The van der Waals surface area contributed by atoms with E-state index in [-0.39, 0.29) is 25.4 Å². The first-order valence-corrected chi connectivity index (χ1v) is 10.5. The van der Waals surface area contributed by atoms with Gasteiger partial charge in [-0.3, -0.25) is 9.69 Å². The summed E-state index contributed by atoms with van der Waals surface area (Å²) in [5, 5.41) is 14.0. The second kappa shape index (κ2) is 8.74. The van der Waals surface area contributed by atoms with Crippen LogP contribution in [0.3, 0.4) is 0 Å². The van der Waals surface area contributed by atoms with E-state index in [1.807, 2.05) is 0 Å². The highest BCUT2D eigenvalue weighted by atomic mass is 19.3. The summed E-state index contributed by atoms with van der Waals surface area (Å²) in [5.41, 5.74) is 0.387. The Kier molecular flexibility index (Phi) is 6.04. The molecule has 1 unspecified atom stereocenters. The molecule has 0 radical (unpaired) electrons. The SMILES string of the molecule is CC(C(=O)Nc1ccc(OCC2CC2)cn1)N1CCC(F)(F)[C@@H](c2cc[n+]([O-])cc2)C1. The molecule has 3 heterocycles. The highest BCUT2D eigenvalue weighted by molar-refractivity contribution is 5.93. The predicted octanol–water partition coefficient (Wildman–Crippen LogP) is 2.96. The molecule has 1 saturated carbocycles. The third kappa shape index (κ3) is 5.28. The minimum atomic E-state index is -2.90. The van der Waals surface area contributed by atoms with Gasteiger partial charge in [-0.1, -0.05) is 0 Å². The summed E-state index contributed by atoms with van der Waals surface area (Å²) in [6.45, 7) is 2.50. The second-order valence-corrected chi connectivity index (χ2v) is 8.35. The standard InChI is InChI=1S/C22H26F2N4O3/c1-15(21(29)26-20-5-4-18(12-25-20)31-14-16-2-3-16)27-11-8-22(23,24)19(13-27)17-6-9-28(30)10-7-17/h4-7,9-10,12,15-16,19H,2-3,8,11,13-14H2,1H3,(H,25,26,29)/t15?,19-/m1/s1. The summed E-state index contributed by atoms with van der Waals surface area (Å²) in [5.74, 6) is -2.62. The Bertz CT molecular complexity index is 904. The zero-order valence-electron chi connectivity index (χ0n) is 17.3. The normalized spacial score (nSPS) is 22.0. The summed E-state index contributed by atoms with van der Waals surface area (Å²) in [6.07, 6.45) is 6.04. The van der Waals surface area contributed by atoms with E-state index in [1.165, 1.54) is 37.4 Å². The van der Waals surface area contributed by atoms with Gasteiger partial charge < -0.3 is 15.3 Å². The van der Waals surface area contributed by atoms with Crippen LogP contribution < -0.4 is 14.8 Å². The Morgan fingerprint density at radius 2 is 2.10 bits per heavy atom. The van der Waals surface area contributed by atoms with Crippen molar-refractivity contribution in [3.63, 3.8) is 0 Å². The van der Waals surface area contributed by atoms with E-state index in [9.17, 15) is 18.8 Å². The zero-order valence-corrected chi connectivity index (χ0v) is 17.3. The molecule has 4 rings (SSSR count). The number of piperidine rings is 1. The van der Waals surface area contributed by atoms with Gasteiger partial charge in [0, 0.05) is 31.6 Å². The van der Waals surface area contributed by atoms with Crippen LogP contribution in [0.2, 0.25) is 0 Å². The van der Waals surface area contributed by atoms with Crippen molar-refractivity contribution in [2.75, 3.05) is 25.0 Å². The van der Waals surface area contributed by atoms with Gasteiger partial charge in [-0.25, -0.2) is 13.8 Å². The smallest absolute Gasteiger partial charge is 0.257 e. The molecule has 1 aliphatic carbocycles. The van der Waals surface area contributed by atoms with Gasteiger partial charge in [-0.05, 0) is 43.4 Å². The number of pyridine rings is 2. The number of hydrogen-bond donors (Lipinski definition) is 1. The van der Waals surface area contributed by atoms with Gasteiger partial charge in [-0.2, -0.15) is 4.73 Å². The van der Waals surface area contributed by atoms with Crippen LogP contribution in [0.1, 0.15) is 37.7 Å². The lowest BCUT2D eigenvalue weighted by atomic mass is 9.87. The summed E-state index contributed by atoms with van der Waals surface area (Å²) in [4.78, 5) is 18.7. The first-order chi connectivity index (χ1) is 14.8. The third-order valence-corrected chi connectivity index (χ3v) is 5.99. The van der Waals surface area contributed by atoms with E-state index >= 15 is 0 Å². The molecule has 2 aliphatic rings. The Morgan fingerprint density at radius 3 is 2.74 bits per heavy atom. The largest absolute Gasteiger partial charge is 0.619 e. The van der Waals surface area contributed by atoms with Crippen molar-refractivity contribution >= 4 is 11.7 Å². The van der Waals surface area contributed by atoms with Crippen molar-refractivity contribution in [1.82, 2.24) is 9.88 Å². The van der Waals surface area contributed by atoms with E-state index in [2.05, 4.69) is 10.3 Å². The molecule has 1 aliphatic heterocycles. The van der Waals surface area contributed by atoms with E-state index in [0.29, 0.717) is 34.4 Å². The van der Waals surface area contributed by atoms with Gasteiger partial charge in [0.25, 0.3) is 5.92 Å². The molecule has 7 nitrogen and oxygen atoms in total. The van der Waals surface area contributed by atoms with Gasteiger partial charge in [-0.15, -0.1) is 0 Å². The van der Waals surface area contributed by atoms with Gasteiger partial charge in [0.05, 0.1) is 24.8 Å². The van der Waals surface area contributed by atoms with Crippen LogP contribution >= 0.6 is 0 Å². The molecule has 0 bridgehead atoms. The number of amides is 1. The summed E-state index contributed by atoms with van der Waals surface area (Å²) in [6, 6.07) is 5.64. The van der Waals surface area contributed by atoms with Crippen LogP contribution in [-0.4, -0.2) is 47.5 Å². The van der Waals surface area contributed by atoms with Crippen molar-refractivity contribution in [1.29, 1.82) is 0 Å². The molecular formula is C22H26F2N4O3. The van der Waals surface area contributed by atoms with Crippen molar-refractivity contribution in [3.05, 3.63) is 53.6 Å². The van der Waals surface area contributed by atoms with Gasteiger partial charge in [0.1, 0.15) is 11.6 Å². The molecule has 0 aromatic carbocycles. The molecule has 2 aromatic rings. The number of hydrogen-bond acceptors (Lipinski definition) is 5. The average molecular weight is 432 g/mol. The predicted molar refractivity (Wildman–Crippen MR) is 110 cm³/mol. The number of carbonyl (C=O) groups is 1. The third-order valence-electron chi connectivity index (χ3n) is 5.99. The molecule has 0 spiro atoms. The zero-order chi connectivity index (χ0) is 22.0. The number of likely N-dealkylation sites (tertiary alicyclic amines) is 1. The lowest BCUT2D eigenvalue weighted by Crippen LogP contribution is -2.52. The van der Waals surface area contributed by atoms with E-state index < -0.39 is 17.9 Å². The molecule has 1 N–H and O–H groups in total. The lowest BCUT2D eigenvalue weighted by Gasteiger charge is -2.40. The Balaban J connectivity index is 1.36. The summed E-state index contributed by atoms with van der Waals surface area (Å²) < 4.78 is 35.3. The number of halogens is 2. The number of nitrogens with one attached hydrogen (secondary N) is 1. The summed E-state index contributed by atoms with van der Waals surface area (Å²) >= 11 is 0. The first kappa shape index (κ1) is 21.4. The molecule has 1 amide bonds. The maximum absolute atomic E-state index is 14.6. The fraction of sp³-hybridized carbons (Fsp3) is 0.500. The van der Waals surface area contributed by atoms with E-state index in [4.69, 9.17) is 4.74 Å². The fourth-order valence-corrected chi connectivity index (χ4v) is 3.72. The van der Waals surface area contributed by atoms with Crippen LogP contribution in [0.25, 0.3) is 0 Å². The molecule has 2 fully saturated rings. The van der Waals surface area contributed by atoms with Crippen LogP contribution in [0, 0.1) is 11.1 Å². The number of rotatable bonds is 7. The van der Waals surface area contributed by atoms with Crippen molar-refractivity contribution in [2.24, 2.45) is 5.92 Å². The topological polar surface area (TPSA) is 81.4 Å². The molecule has 1 saturated heterocycles. The minimum Gasteiger partial charge on any atom is -0.619 e. The van der Waals surface area contributed by atoms with Crippen LogP contribution in [0.5, 0.6) is 5.75 Å². The Morgan fingerprint density at radius 1 is 1.35 bits per heavy atom. The molecule has 2 aromatic heterocycles. The highest BCUT2D eigenvalue weighted by Gasteiger charge is 2.46. The first-order valence-electron chi connectivity index (χ1n) is 10.5. The van der Waals surface area contributed by atoms with Crippen molar-refractivity contribution in [2.45, 2.75) is 44.1 Å². The molecule has 9 heteroatoms. The molecular weight excluding hydrogens is 406 g/mol. The quantitative estimate of drug-likeness (QED) is 0.538. The van der Waals surface area contributed by atoms with Crippen LogP contribution in [0.15, 0.2) is 42.9 Å². The minimum absolute atomic E-state index is 0.0197. The molecule has 2 atom stereocenters. The number of ether oxygens (including phenoxy) is 1. The number of carbonyl (C=O) groups excluding carboxylic acids is 1. The van der Waals surface area contributed by atoms with E-state index in [0.717, 1.165) is 0 Å². The van der Waals surface area contributed by atoms with Crippen LogP contribution in [-0.2, 0) is 4.79 Å². The van der Waals surface area contributed by atoms with Crippen LogP contribution in [0.4, 0.5) is 14.6 Å². The average Bonchev–Trinajstić information content (AvgIpc) is 3.58. The monoisotopic (exact) mass is 432 g/mol. The fourth-order valence-electron chi connectivity index (χ4n) is 3.72. The summed E-state index contributed by atoms with van der Waals surface area (Å²) in [7, 11) is 0. The molecule has 31 heavy (non-hydrogen) atoms. The lowest BCUT2D eigenvalue weighted by molar-refractivity contribution is -0.605. The maximum atomic E-state index is 14.6. The number of alkyl halides is 2. The van der Waals surface area contributed by atoms with Gasteiger partial charge in [0.2, 0.25) is 5.91 Å². The second-order valence-electron chi connectivity index (χ2n) is 8.35.